The summed E-state index contributed by atoms with van der Waals surface area (Å²) >= 11 is 6.07. The van der Waals surface area contributed by atoms with Gasteiger partial charge in [0.1, 0.15) is 12.6 Å². The molecule has 1 aliphatic rings. The van der Waals surface area contributed by atoms with Crippen LogP contribution in [0.15, 0.2) is 48.5 Å². The van der Waals surface area contributed by atoms with Crippen LogP contribution in [0.25, 0.3) is 0 Å². The minimum absolute atomic E-state index is 0.106. The number of halogens is 1. The average molecular weight is 520 g/mol. The minimum Gasteiger partial charge on any atom is -0.352 e. The first-order valence-electron chi connectivity index (χ1n) is 11.9. The molecule has 1 N–H and O–H groups in total. The molecule has 7 nitrogen and oxygen atoms in total. The molecular formula is C26H34ClN3O4S. The number of amides is 2. The predicted molar refractivity (Wildman–Crippen MR) is 140 cm³/mol. The molecule has 0 bridgehead atoms. The molecule has 3 rings (SSSR count). The number of hydrogen-bond donors (Lipinski definition) is 1. The quantitative estimate of drug-likeness (QED) is 0.535. The van der Waals surface area contributed by atoms with Crippen molar-refractivity contribution in [3.63, 3.8) is 0 Å². The molecule has 0 unspecified atom stereocenters. The number of nitrogens with one attached hydrogen (secondary N) is 1. The van der Waals surface area contributed by atoms with Crippen molar-refractivity contribution in [1.29, 1.82) is 0 Å². The van der Waals surface area contributed by atoms with Gasteiger partial charge in [-0.25, -0.2) is 8.42 Å². The average Bonchev–Trinajstić information content (AvgIpc) is 2.81. The molecule has 0 heterocycles. The van der Waals surface area contributed by atoms with E-state index >= 15 is 0 Å². The monoisotopic (exact) mass is 519 g/mol. The van der Waals surface area contributed by atoms with Gasteiger partial charge in [-0.3, -0.25) is 13.9 Å². The number of aryl methyl sites for hydroxylation is 1. The molecule has 0 radical (unpaired) electrons. The number of carbonyl (C=O) groups excluding carboxylic acids is 2. The zero-order valence-corrected chi connectivity index (χ0v) is 22.1. The number of sulfonamides is 1. The van der Waals surface area contributed by atoms with Gasteiger partial charge < -0.3 is 10.2 Å². The van der Waals surface area contributed by atoms with Crippen molar-refractivity contribution in [2.75, 3.05) is 17.1 Å². The van der Waals surface area contributed by atoms with E-state index in [-0.39, 0.29) is 18.5 Å². The summed E-state index contributed by atoms with van der Waals surface area (Å²) in [6, 6.07) is 13.4. The van der Waals surface area contributed by atoms with Gasteiger partial charge in [-0.1, -0.05) is 66.8 Å². The molecule has 1 saturated carbocycles. The largest absolute Gasteiger partial charge is 0.352 e. The highest BCUT2D eigenvalue weighted by molar-refractivity contribution is 7.92. The second-order valence-electron chi connectivity index (χ2n) is 9.28. The van der Waals surface area contributed by atoms with Crippen LogP contribution in [0.1, 0.15) is 50.2 Å². The highest BCUT2D eigenvalue weighted by atomic mass is 35.5. The van der Waals surface area contributed by atoms with E-state index in [4.69, 9.17) is 11.6 Å². The van der Waals surface area contributed by atoms with Crippen LogP contribution in [0.3, 0.4) is 0 Å². The Morgan fingerprint density at radius 1 is 1.09 bits per heavy atom. The van der Waals surface area contributed by atoms with Crippen molar-refractivity contribution in [3.05, 3.63) is 64.7 Å². The molecule has 0 aliphatic heterocycles. The van der Waals surface area contributed by atoms with Crippen molar-refractivity contribution in [2.24, 2.45) is 0 Å². The summed E-state index contributed by atoms with van der Waals surface area (Å²) in [6.45, 7) is 3.41. The van der Waals surface area contributed by atoms with Crippen molar-refractivity contribution in [3.8, 4) is 0 Å². The summed E-state index contributed by atoms with van der Waals surface area (Å²) in [6.07, 6.45) is 6.24. The highest BCUT2D eigenvalue weighted by Crippen LogP contribution is 2.23. The van der Waals surface area contributed by atoms with Crippen LogP contribution < -0.4 is 9.62 Å². The van der Waals surface area contributed by atoms with E-state index < -0.39 is 28.5 Å². The van der Waals surface area contributed by atoms with Crippen LogP contribution >= 0.6 is 11.6 Å². The van der Waals surface area contributed by atoms with Gasteiger partial charge in [-0.05, 0) is 50.5 Å². The van der Waals surface area contributed by atoms with Gasteiger partial charge >= 0.3 is 0 Å². The van der Waals surface area contributed by atoms with Gasteiger partial charge in [0.05, 0.1) is 11.9 Å². The Bertz CT molecular complexity index is 1130. The van der Waals surface area contributed by atoms with E-state index in [1.807, 2.05) is 31.2 Å². The Morgan fingerprint density at radius 2 is 1.74 bits per heavy atom. The van der Waals surface area contributed by atoms with Crippen molar-refractivity contribution in [1.82, 2.24) is 10.2 Å². The van der Waals surface area contributed by atoms with Crippen LogP contribution in [-0.2, 0) is 26.2 Å². The van der Waals surface area contributed by atoms with E-state index in [2.05, 4.69) is 5.32 Å². The van der Waals surface area contributed by atoms with E-state index in [0.717, 1.165) is 47.4 Å². The van der Waals surface area contributed by atoms with Crippen molar-refractivity contribution >= 4 is 39.1 Å². The molecule has 190 valence electrons. The Morgan fingerprint density at radius 3 is 2.34 bits per heavy atom. The molecule has 9 heteroatoms. The van der Waals surface area contributed by atoms with Gasteiger partial charge in [-0.15, -0.1) is 0 Å². The molecule has 35 heavy (non-hydrogen) atoms. The molecule has 2 aromatic carbocycles. The molecule has 1 aliphatic carbocycles. The van der Waals surface area contributed by atoms with Crippen LogP contribution in [-0.4, -0.2) is 50.0 Å². The fourth-order valence-electron chi connectivity index (χ4n) is 4.29. The summed E-state index contributed by atoms with van der Waals surface area (Å²) in [7, 11) is -3.78. The summed E-state index contributed by atoms with van der Waals surface area (Å²) in [5, 5.41) is 3.45. The third kappa shape index (κ3) is 7.70. The predicted octanol–water partition coefficient (Wildman–Crippen LogP) is 4.28. The van der Waals surface area contributed by atoms with E-state index in [1.165, 1.54) is 17.4 Å². The minimum atomic E-state index is -3.78. The van der Waals surface area contributed by atoms with Crippen LogP contribution in [0.4, 0.5) is 5.69 Å². The Balaban J connectivity index is 1.86. The molecule has 1 atom stereocenters. The fraction of sp³-hybridized carbons (Fsp3) is 0.462. The normalized spacial score (nSPS) is 15.3. The Kier molecular flexibility index (Phi) is 9.19. The second kappa shape index (κ2) is 11.9. The molecule has 2 amide bonds. The first-order valence-corrected chi connectivity index (χ1v) is 14.2. The topological polar surface area (TPSA) is 86.8 Å². The smallest absolute Gasteiger partial charge is 0.244 e. The van der Waals surface area contributed by atoms with Crippen LogP contribution in [0, 0.1) is 6.92 Å². The maximum atomic E-state index is 13.6. The fourth-order valence-corrected chi connectivity index (χ4v) is 5.31. The molecule has 0 aromatic heterocycles. The molecular weight excluding hydrogens is 486 g/mol. The number of rotatable bonds is 9. The summed E-state index contributed by atoms with van der Waals surface area (Å²) in [5.74, 6) is -0.701. The zero-order valence-electron chi connectivity index (χ0n) is 20.5. The van der Waals surface area contributed by atoms with Gasteiger partial charge in [0.25, 0.3) is 0 Å². The summed E-state index contributed by atoms with van der Waals surface area (Å²) in [4.78, 5) is 28.2. The molecule has 1 fully saturated rings. The SMILES string of the molecule is Cc1ccc(CN(C(=O)CN(c2cccc(Cl)c2)S(C)(=O)=O)[C@H](C)C(=O)NC2CCCCC2)cc1. The lowest BCUT2D eigenvalue weighted by Crippen LogP contribution is -2.52. The van der Waals surface area contributed by atoms with Gasteiger partial charge in [0.15, 0.2) is 0 Å². The van der Waals surface area contributed by atoms with E-state index in [0.29, 0.717) is 10.7 Å². The highest BCUT2D eigenvalue weighted by Gasteiger charge is 2.31. The molecule has 0 spiro atoms. The Labute approximate surface area is 213 Å². The third-order valence-electron chi connectivity index (χ3n) is 6.37. The standard InChI is InChI=1S/C26H34ClN3O4S/c1-19-12-14-21(15-13-19)17-29(20(2)26(32)28-23-9-5-4-6-10-23)25(31)18-30(35(3,33)34)24-11-7-8-22(27)16-24/h7-8,11-16,20,23H,4-6,9-10,17-18H2,1-3H3,(H,28,32)/t20-/m1/s1. The number of benzene rings is 2. The third-order valence-corrected chi connectivity index (χ3v) is 7.74. The lowest BCUT2D eigenvalue weighted by atomic mass is 9.95. The van der Waals surface area contributed by atoms with Crippen LogP contribution in [0.5, 0.6) is 0 Å². The molecule has 2 aromatic rings. The number of anilines is 1. The van der Waals surface area contributed by atoms with E-state index in [9.17, 15) is 18.0 Å². The Hall–Kier alpha value is -2.58. The van der Waals surface area contributed by atoms with Crippen molar-refractivity contribution < 1.29 is 18.0 Å². The van der Waals surface area contributed by atoms with Gasteiger partial charge in [0.2, 0.25) is 21.8 Å². The maximum Gasteiger partial charge on any atom is 0.244 e. The first-order chi connectivity index (χ1) is 16.5. The lowest BCUT2D eigenvalue weighted by Gasteiger charge is -2.33. The lowest BCUT2D eigenvalue weighted by molar-refractivity contribution is -0.139. The number of hydrogen-bond acceptors (Lipinski definition) is 4. The van der Waals surface area contributed by atoms with Gasteiger partial charge in [-0.2, -0.15) is 0 Å². The maximum absolute atomic E-state index is 13.6. The van der Waals surface area contributed by atoms with Crippen LogP contribution in [0.2, 0.25) is 5.02 Å². The second-order valence-corrected chi connectivity index (χ2v) is 11.6. The summed E-state index contributed by atoms with van der Waals surface area (Å²) in [5.41, 5.74) is 2.23. The first kappa shape index (κ1) is 27.0. The number of nitrogens with zero attached hydrogens (tertiary/aromatic N) is 2. The zero-order chi connectivity index (χ0) is 25.6. The summed E-state index contributed by atoms with van der Waals surface area (Å²) < 4.78 is 26.2. The molecule has 0 saturated heterocycles. The van der Waals surface area contributed by atoms with Crippen molar-refractivity contribution in [2.45, 2.75) is 64.6 Å². The van der Waals surface area contributed by atoms with Gasteiger partial charge in [0, 0.05) is 17.6 Å². The van der Waals surface area contributed by atoms with E-state index in [1.54, 1.807) is 25.1 Å². The number of carbonyl (C=O) groups is 2.